The van der Waals surface area contributed by atoms with E-state index in [1.54, 1.807) is 0 Å². The average Bonchev–Trinajstić information content (AvgIpc) is 2.57. The Morgan fingerprint density at radius 2 is 2.12 bits per heavy atom. The van der Waals surface area contributed by atoms with Crippen molar-refractivity contribution >= 4 is 12.2 Å². The fourth-order valence-electron chi connectivity index (χ4n) is 1.79. The number of hydrogen-bond donors (Lipinski definition) is 5. The molecule has 2 rings (SSSR count). The van der Waals surface area contributed by atoms with Gasteiger partial charge in [0.1, 0.15) is 24.4 Å². The summed E-state index contributed by atoms with van der Waals surface area (Å²) in [5.41, 5.74) is -0.371. The zero-order chi connectivity index (χ0) is 12.6. The fourth-order valence-corrected chi connectivity index (χ4v) is 1.94. The smallest absolute Gasteiger partial charge is 0.257 e. The molecule has 1 fully saturated rings. The molecule has 0 aliphatic carbocycles. The molecular formula is C9H12N2O5S. The molecule has 2 heterocycles. The Morgan fingerprint density at radius 3 is 2.65 bits per heavy atom. The van der Waals surface area contributed by atoms with Gasteiger partial charge in [0.2, 0.25) is 0 Å². The standard InChI is InChI=1S/C9H12N2O5S/c12-2-4-5(13)6(14)7(16-4)3-1-10-9(17)11-8(3)15/h1,4-7,12-14H,2H2,(H2,10,11,15,17)/t4-,5?,6+,7+/m1/s1. The molecule has 94 valence electrons. The van der Waals surface area contributed by atoms with Gasteiger partial charge in [0, 0.05) is 6.20 Å². The Morgan fingerprint density at radius 1 is 1.41 bits per heavy atom. The van der Waals surface area contributed by atoms with E-state index < -0.39 is 36.6 Å². The maximum Gasteiger partial charge on any atom is 0.257 e. The van der Waals surface area contributed by atoms with Gasteiger partial charge in [-0.1, -0.05) is 0 Å². The van der Waals surface area contributed by atoms with Crippen LogP contribution >= 0.6 is 12.2 Å². The maximum absolute atomic E-state index is 11.6. The number of hydrogen-bond acceptors (Lipinski definition) is 6. The second kappa shape index (κ2) is 4.67. The van der Waals surface area contributed by atoms with Crippen LogP contribution in [0, 0.1) is 4.77 Å². The molecule has 4 atom stereocenters. The minimum Gasteiger partial charge on any atom is -0.394 e. The first kappa shape index (κ1) is 12.4. The zero-order valence-electron chi connectivity index (χ0n) is 8.66. The lowest BCUT2D eigenvalue weighted by Gasteiger charge is -2.13. The fraction of sp³-hybridized carbons (Fsp3) is 0.556. The van der Waals surface area contributed by atoms with Crippen molar-refractivity contribution < 1.29 is 20.1 Å². The van der Waals surface area contributed by atoms with Gasteiger partial charge < -0.3 is 25.0 Å². The number of aliphatic hydroxyl groups is 3. The highest BCUT2D eigenvalue weighted by Gasteiger charge is 2.44. The third-order valence-corrected chi connectivity index (χ3v) is 2.92. The van der Waals surface area contributed by atoms with Gasteiger partial charge in [-0.3, -0.25) is 9.78 Å². The van der Waals surface area contributed by atoms with E-state index in [-0.39, 0.29) is 10.3 Å². The molecule has 1 unspecified atom stereocenters. The van der Waals surface area contributed by atoms with E-state index in [0.29, 0.717) is 0 Å². The minimum absolute atomic E-state index is 0.126. The summed E-state index contributed by atoms with van der Waals surface area (Å²) in [6.45, 7) is -0.435. The molecule has 1 saturated heterocycles. The van der Waals surface area contributed by atoms with Crippen molar-refractivity contribution in [3.63, 3.8) is 0 Å². The third kappa shape index (κ3) is 2.17. The topological polar surface area (TPSA) is 119 Å². The molecule has 0 saturated carbocycles. The molecule has 7 nitrogen and oxygen atoms in total. The first-order valence-electron chi connectivity index (χ1n) is 4.99. The number of aliphatic hydroxyl groups excluding tert-OH is 3. The molecule has 0 aromatic carbocycles. The third-order valence-electron chi connectivity index (χ3n) is 2.70. The summed E-state index contributed by atoms with van der Waals surface area (Å²) < 4.78 is 5.38. The van der Waals surface area contributed by atoms with Crippen LogP contribution in [0.1, 0.15) is 11.7 Å². The average molecular weight is 260 g/mol. The normalized spacial score (nSPS) is 32.9. The van der Waals surface area contributed by atoms with Crippen molar-refractivity contribution in [2.75, 3.05) is 6.61 Å². The van der Waals surface area contributed by atoms with Crippen molar-refractivity contribution in [3.8, 4) is 0 Å². The summed E-state index contributed by atoms with van der Waals surface area (Å²) in [6, 6.07) is 0. The van der Waals surface area contributed by atoms with Gasteiger partial charge in [-0.25, -0.2) is 0 Å². The largest absolute Gasteiger partial charge is 0.394 e. The zero-order valence-corrected chi connectivity index (χ0v) is 9.48. The molecule has 1 aliphatic rings. The monoisotopic (exact) mass is 260 g/mol. The van der Waals surface area contributed by atoms with E-state index in [4.69, 9.17) is 22.1 Å². The van der Waals surface area contributed by atoms with Crippen molar-refractivity contribution in [3.05, 3.63) is 26.9 Å². The van der Waals surface area contributed by atoms with E-state index in [1.165, 1.54) is 6.20 Å². The summed E-state index contributed by atoms with van der Waals surface area (Å²) >= 11 is 4.73. The van der Waals surface area contributed by atoms with Crippen molar-refractivity contribution in [1.29, 1.82) is 0 Å². The van der Waals surface area contributed by atoms with Gasteiger partial charge in [0.05, 0.1) is 12.2 Å². The van der Waals surface area contributed by atoms with Crippen molar-refractivity contribution in [1.82, 2.24) is 9.97 Å². The molecule has 1 aromatic heterocycles. The molecular weight excluding hydrogens is 248 g/mol. The Balaban J connectivity index is 2.35. The summed E-state index contributed by atoms with van der Waals surface area (Å²) in [5.74, 6) is 0. The summed E-state index contributed by atoms with van der Waals surface area (Å²) in [5, 5.41) is 28.2. The van der Waals surface area contributed by atoms with E-state index in [1.807, 2.05) is 0 Å². The number of aromatic amines is 2. The molecule has 1 aromatic rings. The quantitative estimate of drug-likeness (QED) is 0.417. The lowest BCUT2D eigenvalue weighted by molar-refractivity contribution is -0.0232. The van der Waals surface area contributed by atoms with Crippen LogP contribution in [0.2, 0.25) is 0 Å². The van der Waals surface area contributed by atoms with Gasteiger partial charge in [0.15, 0.2) is 4.77 Å². The van der Waals surface area contributed by atoms with Crippen LogP contribution in [0.15, 0.2) is 11.0 Å². The molecule has 8 heteroatoms. The number of nitrogens with one attached hydrogen (secondary N) is 2. The number of aromatic nitrogens is 2. The summed E-state index contributed by atoms with van der Waals surface area (Å²) in [7, 11) is 0. The van der Waals surface area contributed by atoms with E-state index in [0.717, 1.165) is 0 Å². The first-order valence-corrected chi connectivity index (χ1v) is 5.39. The molecule has 0 radical (unpaired) electrons. The molecule has 17 heavy (non-hydrogen) atoms. The van der Waals surface area contributed by atoms with Gasteiger partial charge in [0.25, 0.3) is 5.56 Å². The van der Waals surface area contributed by atoms with Crippen LogP contribution in [0.3, 0.4) is 0 Å². The summed E-state index contributed by atoms with van der Waals surface area (Å²) in [6.07, 6.45) is -3.07. The van der Waals surface area contributed by atoms with Gasteiger partial charge in [-0.05, 0) is 12.2 Å². The number of ether oxygens (including phenoxy) is 1. The van der Waals surface area contributed by atoms with Crippen LogP contribution in [0.25, 0.3) is 0 Å². The van der Waals surface area contributed by atoms with Crippen molar-refractivity contribution in [2.45, 2.75) is 24.4 Å². The molecule has 1 aliphatic heterocycles. The van der Waals surface area contributed by atoms with Crippen LogP contribution in [-0.4, -0.2) is 50.2 Å². The Bertz CT molecular complexity index is 513. The van der Waals surface area contributed by atoms with E-state index in [9.17, 15) is 15.0 Å². The van der Waals surface area contributed by atoms with E-state index >= 15 is 0 Å². The predicted octanol–water partition coefficient (Wildman–Crippen LogP) is -1.41. The van der Waals surface area contributed by atoms with Gasteiger partial charge in [-0.2, -0.15) is 0 Å². The molecule has 0 spiro atoms. The number of rotatable bonds is 2. The Labute approximate surface area is 101 Å². The predicted molar refractivity (Wildman–Crippen MR) is 59.0 cm³/mol. The van der Waals surface area contributed by atoms with Gasteiger partial charge >= 0.3 is 0 Å². The molecule has 5 N–H and O–H groups in total. The van der Waals surface area contributed by atoms with Crippen LogP contribution in [-0.2, 0) is 4.74 Å². The Hall–Kier alpha value is -1.06. The minimum atomic E-state index is -1.27. The lowest BCUT2D eigenvalue weighted by atomic mass is 10.0. The highest BCUT2D eigenvalue weighted by molar-refractivity contribution is 7.71. The highest BCUT2D eigenvalue weighted by Crippen LogP contribution is 2.31. The van der Waals surface area contributed by atoms with Gasteiger partial charge in [-0.15, -0.1) is 0 Å². The second-order valence-corrected chi connectivity index (χ2v) is 4.19. The first-order chi connectivity index (χ1) is 8.04. The molecule has 0 amide bonds. The van der Waals surface area contributed by atoms with E-state index in [2.05, 4.69) is 9.97 Å². The van der Waals surface area contributed by atoms with Crippen molar-refractivity contribution in [2.24, 2.45) is 0 Å². The van der Waals surface area contributed by atoms with Crippen LogP contribution in [0.4, 0.5) is 0 Å². The summed E-state index contributed by atoms with van der Waals surface area (Å²) in [4.78, 5) is 16.6. The maximum atomic E-state index is 11.6. The Kier molecular flexibility index (Phi) is 3.40. The highest BCUT2D eigenvalue weighted by atomic mass is 32.1. The molecule has 0 bridgehead atoms. The van der Waals surface area contributed by atoms with Crippen LogP contribution < -0.4 is 5.56 Å². The lowest BCUT2D eigenvalue weighted by Crippen LogP contribution is -2.33. The SMILES string of the molecule is O=c1[nH]c(=S)[nH]cc1[C@@H]1O[C@H](CO)C(O)[C@@H]1O. The van der Waals surface area contributed by atoms with Crippen LogP contribution in [0.5, 0.6) is 0 Å². The second-order valence-electron chi connectivity index (χ2n) is 3.79. The number of H-pyrrole nitrogens is 2.